The Morgan fingerprint density at radius 2 is 2.06 bits per heavy atom. The highest BCUT2D eigenvalue weighted by Crippen LogP contribution is 2.24. The summed E-state index contributed by atoms with van der Waals surface area (Å²) in [6, 6.07) is 6.10. The summed E-state index contributed by atoms with van der Waals surface area (Å²) in [6.07, 6.45) is 0. The summed E-state index contributed by atoms with van der Waals surface area (Å²) < 4.78 is 5.36. The summed E-state index contributed by atoms with van der Waals surface area (Å²) in [5.74, 6) is 0.177. The molecule has 0 aliphatic rings. The second-order valence-corrected chi connectivity index (χ2v) is 3.91. The van der Waals surface area contributed by atoms with Crippen LogP contribution in [0.5, 0.6) is 0 Å². The molecule has 1 aromatic carbocycles. The van der Waals surface area contributed by atoms with E-state index in [1.54, 1.807) is 0 Å². The summed E-state index contributed by atoms with van der Waals surface area (Å²) >= 11 is 0. The van der Waals surface area contributed by atoms with Crippen LogP contribution in [0, 0.1) is 13.8 Å². The Bertz CT molecular complexity index is 561. The van der Waals surface area contributed by atoms with Gasteiger partial charge >= 0.3 is 6.01 Å². The highest BCUT2D eigenvalue weighted by Gasteiger charge is 2.11. The highest BCUT2D eigenvalue weighted by molar-refractivity contribution is 5.86. The summed E-state index contributed by atoms with van der Waals surface area (Å²) in [7, 11) is 0. The maximum absolute atomic E-state index is 10.8. The second-order valence-electron chi connectivity index (χ2n) is 3.91. The first-order valence-corrected chi connectivity index (χ1v) is 5.25. The summed E-state index contributed by atoms with van der Waals surface area (Å²) in [4.78, 5) is 10.8. The number of amides is 1. The molecule has 0 bridgehead atoms. The van der Waals surface area contributed by atoms with Crippen molar-refractivity contribution in [2.75, 3.05) is 5.32 Å². The monoisotopic (exact) mass is 231 g/mol. The van der Waals surface area contributed by atoms with Crippen molar-refractivity contribution in [3.05, 3.63) is 29.3 Å². The van der Waals surface area contributed by atoms with Crippen molar-refractivity contribution in [1.82, 2.24) is 10.2 Å². The normalized spacial score (nSPS) is 10.3. The van der Waals surface area contributed by atoms with E-state index in [1.807, 2.05) is 32.0 Å². The lowest BCUT2D eigenvalue weighted by Crippen LogP contribution is -2.05. The number of anilines is 1. The molecule has 0 fully saturated rings. The predicted molar refractivity (Wildman–Crippen MR) is 63.5 cm³/mol. The van der Waals surface area contributed by atoms with Crippen LogP contribution in [0.4, 0.5) is 6.01 Å². The van der Waals surface area contributed by atoms with E-state index in [1.165, 1.54) is 6.92 Å². The molecule has 1 heterocycles. The van der Waals surface area contributed by atoms with Crippen LogP contribution in [-0.2, 0) is 4.79 Å². The number of carbonyl (C=O) groups excluding carboxylic acids is 1. The summed E-state index contributed by atoms with van der Waals surface area (Å²) in [5.41, 5.74) is 3.05. The van der Waals surface area contributed by atoms with E-state index in [2.05, 4.69) is 15.5 Å². The van der Waals surface area contributed by atoms with E-state index < -0.39 is 0 Å². The molecule has 1 aromatic heterocycles. The Hall–Kier alpha value is -2.17. The first-order chi connectivity index (χ1) is 8.06. The molecule has 0 unspecified atom stereocenters. The average Bonchev–Trinajstić information content (AvgIpc) is 2.69. The molecule has 0 aliphatic heterocycles. The van der Waals surface area contributed by atoms with Crippen LogP contribution in [0.1, 0.15) is 18.1 Å². The smallest absolute Gasteiger partial charge is 0.322 e. The molecule has 5 heteroatoms. The molecule has 0 saturated carbocycles. The van der Waals surface area contributed by atoms with Crippen molar-refractivity contribution >= 4 is 11.9 Å². The van der Waals surface area contributed by atoms with E-state index in [0.717, 1.165) is 16.7 Å². The average molecular weight is 231 g/mol. The third kappa shape index (κ3) is 2.50. The number of hydrogen-bond acceptors (Lipinski definition) is 4. The molecule has 5 nitrogen and oxygen atoms in total. The van der Waals surface area contributed by atoms with Gasteiger partial charge in [-0.3, -0.25) is 10.1 Å². The van der Waals surface area contributed by atoms with Crippen LogP contribution in [0.3, 0.4) is 0 Å². The van der Waals surface area contributed by atoms with Crippen LogP contribution >= 0.6 is 0 Å². The molecule has 17 heavy (non-hydrogen) atoms. The Morgan fingerprint density at radius 1 is 1.29 bits per heavy atom. The minimum Gasteiger partial charge on any atom is -0.403 e. The van der Waals surface area contributed by atoms with Crippen molar-refractivity contribution in [3.63, 3.8) is 0 Å². The van der Waals surface area contributed by atoms with Gasteiger partial charge in [-0.15, -0.1) is 5.10 Å². The van der Waals surface area contributed by atoms with Gasteiger partial charge in [-0.05, 0) is 25.5 Å². The second kappa shape index (κ2) is 4.37. The largest absolute Gasteiger partial charge is 0.403 e. The first kappa shape index (κ1) is 11.3. The number of aromatic nitrogens is 2. The van der Waals surface area contributed by atoms with Crippen LogP contribution < -0.4 is 5.32 Å². The van der Waals surface area contributed by atoms with Gasteiger partial charge in [0, 0.05) is 12.5 Å². The standard InChI is InChI=1S/C12H13N3O2/c1-7-4-5-8(2)10(6-7)11-14-15-12(17-11)13-9(3)16/h4-6H,1-3H3,(H,13,15,16). The third-order valence-corrected chi connectivity index (χ3v) is 2.33. The summed E-state index contributed by atoms with van der Waals surface area (Å²) in [5, 5.41) is 10.1. The highest BCUT2D eigenvalue weighted by atomic mass is 16.4. The van der Waals surface area contributed by atoms with E-state index >= 15 is 0 Å². The Balaban J connectivity index is 2.36. The molecule has 1 N–H and O–H groups in total. The Labute approximate surface area is 98.9 Å². The van der Waals surface area contributed by atoms with Gasteiger partial charge < -0.3 is 4.42 Å². The Morgan fingerprint density at radius 3 is 2.76 bits per heavy atom. The zero-order valence-electron chi connectivity index (χ0n) is 9.94. The van der Waals surface area contributed by atoms with Gasteiger partial charge in [0.05, 0.1) is 0 Å². The number of hydrogen-bond donors (Lipinski definition) is 1. The zero-order valence-corrected chi connectivity index (χ0v) is 9.94. The number of benzene rings is 1. The van der Waals surface area contributed by atoms with Gasteiger partial charge in [0.25, 0.3) is 0 Å². The van der Waals surface area contributed by atoms with Gasteiger partial charge in [0.2, 0.25) is 11.8 Å². The molecule has 0 radical (unpaired) electrons. The fourth-order valence-electron chi connectivity index (χ4n) is 1.50. The van der Waals surface area contributed by atoms with Gasteiger partial charge in [-0.2, -0.15) is 0 Å². The molecule has 1 amide bonds. The molecule has 0 spiro atoms. The van der Waals surface area contributed by atoms with Crippen LogP contribution in [0.25, 0.3) is 11.5 Å². The molecule has 0 saturated heterocycles. The van der Waals surface area contributed by atoms with E-state index in [4.69, 9.17) is 4.42 Å². The van der Waals surface area contributed by atoms with Crippen molar-refractivity contribution in [1.29, 1.82) is 0 Å². The topological polar surface area (TPSA) is 68.0 Å². The third-order valence-electron chi connectivity index (χ3n) is 2.33. The minimum atomic E-state index is -0.235. The Kier molecular flexibility index (Phi) is 2.91. The first-order valence-electron chi connectivity index (χ1n) is 5.25. The lowest BCUT2D eigenvalue weighted by atomic mass is 10.1. The fraction of sp³-hybridized carbons (Fsp3) is 0.250. The number of nitrogens with one attached hydrogen (secondary N) is 1. The van der Waals surface area contributed by atoms with Gasteiger partial charge in [0.1, 0.15) is 0 Å². The van der Waals surface area contributed by atoms with Crippen molar-refractivity contribution < 1.29 is 9.21 Å². The number of carbonyl (C=O) groups is 1. The quantitative estimate of drug-likeness (QED) is 0.861. The SMILES string of the molecule is CC(=O)Nc1nnc(-c2cc(C)ccc2C)o1. The molecule has 88 valence electrons. The minimum absolute atomic E-state index is 0.119. The molecule has 2 aromatic rings. The molecule has 2 rings (SSSR count). The van der Waals surface area contributed by atoms with Crippen molar-refractivity contribution in [3.8, 4) is 11.5 Å². The molecular formula is C12H13N3O2. The fourth-order valence-corrected chi connectivity index (χ4v) is 1.50. The van der Waals surface area contributed by atoms with Gasteiger partial charge in [0.15, 0.2) is 0 Å². The maximum atomic E-state index is 10.8. The van der Waals surface area contributed by atoms with Gasteiger partial charge in [-0.1, -0.05) is 22.8 Å². The molecule has 0 atom stereocenters. The number of rotatable bonds is 2. The van der Waals surface area contributed by atoms with Crippen molar-refractivity contribution in [2.45, 2.75) is 20.8 Å². The van der Waals surface area contributed by atoms with Gasteiger partial charge in [-0.25, -0.2) is 0 Å². The van der Waals surface area contributed by atoms with E-state index in [9.17, 15) is 4.79 Å². The lowest BCUT2D eigenvalue weighted by molar-refractivity contribution is -0.114. The lowest BCUT2D eigenvalue weighted by Gasteiger charge is -2.01. The van der Waals surface area contributed by atoms with Crippen molar-refractivity contribution in [2.24, 2.45) is 0 Å². The van der Waals surface area contributed by atoms with E-state index in [-0.39, 0.29) is 11.9 Å². The maximum Gasteiger partial charge on any atom is 0.322 e. The number of aryl methyl sites for hydroxylation is 2. The van der Waals surface area contributed by atoms with Crippen LogP contribution in [0.15, 0.2) is 22.6 Å². The predicted octanol–water partition coefficient (Wildman–Crippen LogP) is 2.31. The zero-order chi connectivity index (χ0) is 12.4. The van der Waals surface area contributed by atoms with E-state index in [0.29, 0.717) is 5.89 Å². The molecule has 0 aliphatic carbocycles. The van der Waals surface area contributed by atoms with Crippen LogP contribution in [-0.4, -0.2) is 16.1 Å². The van der Waals surface area contributed by atoms with Crippen LogP contribution in [0.2, 0.25) is 0 Å². The molecular weight excluding hydrogens is 218 g/mol. The summed E-state index contributed by atoms with van der Waals surface area (Å²) in [6.45, 7) is 5.35. The number of nitrogens with zero attached hydrogens (tertiary/aromatic N) is 2.